The molecular formula is C16H31IN6O2. The SMILES string of the molecule is CCc1nncn1CCNC(=NCC1CCCCO1)NCCOC.I. The van der Waals surface area contributed by atoms with Crippen molar-refractivity contribution in [3.05, 3.63) is 12.2 Å². The van der Waals surface area contributed by atoms with Gasteiger partial charge in [-0.1, -0.05) is 6.92 Å². The van der Waals surface area contributed by atoms with Crippen molar-refractivity contribution in [1.82, 2.24) is 25.4 Å². The number of methoxy groups -OCH3 is 1. The van der Waals surface area contributed by atoms with Crippen molar-refractivity contribution < 1.29 is 9.47 Å². The summed E-state index contributed by atoms with van der Waals surface area (Å²) in [6.45, 7) is 6.56. The third-order valence-corrected chi connectivity index (χ3v) is 3.98. The number of hydrogen-bond donors (Lipinski definition) is 2. The first-order chi connectivity index (χ1) is 11.8. The molecule has 2 N–H and O–H groups in total. The smallest absolute Gasteiger partial charge is 0.191 e. The van der Waals surface area contributed by atoms with Gasteiger partial charge in [0, 0.05) is 39.8 Å². The van der Waals surface area contributed by atoms with Gasteiger partial charge in [-0.3, -0.25) is 4.99 Å². The van der Waals surface area contributed by atoms with Crippen LogP contribution in [0.1, 0.15) is 32.0 Å². The average molecular weight is 466 g/mol. The fraction of sp³-hybridized carbons (Fsp3) is 0.812. The zero-order valence-electron chi connectivity index (χ0n) is 15.2. The molecule has 1 aromatic heterocycles. The maximum Gasteiger partial charge on any atom is 0.191 e. The van der Waals surface area contributed by atoms with E-state index >= 15 is 0 Å². The van der Waals surface area contributed by atoms with E-state index in [-0.39, 0.29) is 30.1 Å². The van der Waals surface area contributed by atoms with E-state index in [4.69, 9.17) is 9.47 Å². The Morgan fingerprint density at radius 1 is 1.40 bits per heavy atom. The van der Waals surface area contributed by atoms with Crippen LogP contribution in [0.5, 0.6) is 0 Å². The van der Waals surface area contributed by atoms with Crippen molar-refractivity contribution in [2.45, 2.75) is 45.3 Å². The van der Waals surface area contributed by atoms with Crippen LogP contribution < -0.4 is 10.6 Å². The van der Waals surface area contributed by atoms with Crippen molar-refractivity contribution >= 4 is 29.9 Å². The van der Waals surface area contributed by atoms with Crippen molar-refractivity contribution in [2.75, 3.05) is 40.0 Å². The highest BCUT2D eigenvalue weighted by atomic mass is 127. The molecule has 0 bridgehead atoms. The van der Waals surface area contributed by atoms with Gasteiger partial charge >= 0.3 is 0 Å². The van der Waals surface area contributed by atoms with Crippen LogP contribution in [-0.4, -0.2) is 66.8 Å². The second-order valence-corrected chi connectivity index (χ2v) is 5.82. The van der Waals surface area contributed by atoms with Crippen LogP contribution >= 0.6 is 24.0 Å². The number of aryl methyl sites for hydroxylation is 1. The Hall–Kier alpha value is -0.940. The van der Waals surface area contributed by atoms with Gasteiger partial charge in [0.15, 0.2) is 5.96 Å². The summed E-state index contributed by atoms with van der Waals surface area (Å²) in [7, 11) is 1.69. The molecule has 0 amide bonds. The lowest BCUT2D eigenvalue weighted by Crippen LogP contribution is -2.41. The molecular weight excluding hydrogens is 435 g/mol. The molecule has 0 aromatic carbocycles. The quantitative estimate of drug-likeness (QED) is 0.246. The van der Waals surface area contributed by atoms with E-state index in [1.165, 1.54) is 6.42 Å². The van der Waals surface area contributed by atoms with E-state index in [0.717, 1.165) is 57.3 Å². The van der Waals surface area contributed by atoms with Crippen LogP contribution in [0.25, 0.3) is 0 Å². The molecule has 1 aliphatic rings. The summed E-state index contributed by atoms with van der Waals surface area (Å²) >= 11 is 0. The molecule has 2 heterocycles. The second-order valence-electron chi connectivity index (χ2n) is 5.82. The van der Waals surface area contributed by atoms with Crippen LogP contribution in [0, 0.1) is 0 Å². The van der Waals surface area contributed by atoms with Gasteiger partial charge in [0.2, 0.25) is 0 Å². The molecule has 1 saturated heterocycles. The molecule has 25 heavy (non-hydrogen) atoms. The van der Waals surface area contributed by atoms with E-state index in [9.17, 15) is 0 Å². The molecule has 0 saturated carbocycles. The molecule has 9 heteroatoms. The first-order valence-electron chi connectivity index (χ1n) is 8.83. The molecule has 0 spiro atoms. The van der Waals surface area contributed by atoms with E-state index < -0.39 is 0 Å². The Bertz CT molecular complexity index is 491. The topological polar surface area (TPSA) is 85.6 Å². The zero-order valence-corrected chi connectivity index (χ0v) is 17.6. The van der Waals surface area contributed by atoms with Crippen LogP contribution in [0.15, 0.2) is 11.3 Å². The van der Waals surface area contributed by atoms with E-state index in [1.807, 2.05) is 0 Å². The van der Waals surface area contributed by atoms with Gasteiger partial charge in [-0.25, -0.2) is 0 Å². The number of aromatic nitrogens is 3. The van der Waals surface area contributed by atoms with Crippen LogP contribution in [0.4, 0.5) is 0 Å². The molecule has 8 nitrogen and oxygen atoms in total. The van der Waals surface area contributed by atoms with E-state index in [0.29, 0.717) is 13.2 Å². The Balaban J connectivity index is 0.00000312. The van der Waals surface area contributed by atoms with E-state index in [1.54, 1.807) is 13.4 Å². The summed E-state index contributed by atoms with van der Waals surface area (Å²) in [5, 5.41) is 14.7. The molecule has 1 fully saturated rings. The minimum Gasteiger partial charge on any atom is -0.383 e. The van der Waals surface area contributed by atoms with Gasteiger partial charge in [0.05, 0.1) is 19.3 Å². The standard InChI is InChI=1S/C16H30N6O2.HI/c1-3-15-21-20-13-22(15)9-7-17-16(18-8-11-23-2)19-12-14-6-4-5-10-24-14;/h13-14H,3-12H2,1-2H3,(H2,17,18,19);1H. The Labute approximate surface area is 167 Å². The minimum absolute atomic E-state index is 0. The summed E-state index contributed by atoms with van der Waals surface area (Å²) in [4.78, 5) is 4.65. The molecule has 1 unspecified atom stereocenters. The molecule has 144 valence electrons. The first kappa shape index (κ1) is 22.1. The van der Waals surface area contributed by atoms with E-state index in [2.05, 4.69) is 37.3 Å². The minimum atomic E-state index is 0. The molecule has 1 aliphatic heterocycles. The van der Waals surface area contributed by atoms with Gasteiger partial charge in [0.1, 0.15) is 12.2 Å². The lowest BCUT2D eigenvalue weighted by atomic mass is 10.1. The van der Waals surface area contributed by atoms with Gasteiger partial charge in [-0.2, -0.15) is 0 Å². The number of rotatable bonds is 9. The Morgan fingerprint density at radius 2 is 2.24 bits per heavy atom. The number of aliphatic imine (C=N–C) groups is 1. The van der Waals surface area contributed by atoms with Gasteiger partial charge in [0.25, 0.3) is 0 Å². The predicted molar refractivity (Wildman–Crippen MR) is 109 cm³/mol. The molecule has 0 radical (unpaired) electrons. The normalized spacial score (nSPS) is 17.8. The highest BCUT2D eigenvalue weighted by Crippen LogP contribution is 2.12. The number of guanidine groups is 1. The zero-order chi connectivity index (χ0) is 17.0. The van der Waals surface area contributed by atoms with Gasteiger partial charge in [-0.15, -0.1) is 34.2 Å². The first-order valence-corrected chi connectivity index (χ1v) is 8.83. The number of nitrogens with zero attached hydrogens (tertiary/aromatic N) is 4. The fourth-order valence-electron chi connectivity index (χ4n) is 2.62. The number of ether oxygens (including phenoxy) is 2. The molecule has 1 atom stereocenters. The number of halogens is 1. The van der Waals surface area contributed by atoms with Crippen LogP contribution in [0.2, 0.25) is 0 Å². The monoisotopic (exact) mass is 466 g/mol. The Morgan fingerprint density at radius 3 is 2.96 bits per heavy atom. The fourth-order valence-corrected chi connectivity index (χ4v) is 2.62. The van der Waals surface area contributed by atoms with Gasteiger partial charge in [-0.05, 0) is 19.3 Å². The summed E-state index contributed by atoms with van der Waals surface area (Å²) in [5.74, 6) is 1.80. The summed E-state index contributed by atoms with van der Waals surface area (Å²) < 4.78 is 12.9. The third kappa shape index (κ3) is 8.32. The van der Waals surface area contributed by atoms with Gasteiger partial charge < -0.3 is 24.7 Å². The van der Waals surface area contributed by atoms with Crippen LogP contribution in [0.3, 0.4) is 0 Å². The maximum absolute atomic E-state index is 5.74. The second kappa shape index (κ2) is 13.3. The van der Waals surface area contributed by atoms with Crippen molar-refractivity contribution in [3.8, 4) is 0 Å². The summed E-state index contributed by atoms with van der Waals surface area (Å²) in [6.07, 6.45) is 6.38. The summed E-state index contributed by atoms with van der Waals surface area (Å²) in [5.41, 5.74) is 0. The highest BCUT2D eigenvalue weighted by Gasteiger charge is 2.13. The van der Waals surface area contributed by atoms with Crippen molar-refractivity contribution in [2.24, 2.45) is 4.99 Å². The highest BCUT2D eigenvalue weighted by molar-refractivity contribution is 14.0. The summed E-state index contributed by atoms with van der Waals surface area (Å²) in [6, 6.07) is 0. The largest absolute Gasteiger partial charge is 0.383 e. The van der Waals surface area contributed by atoms with Crippen LogP contribution in [-0.2, 0) is 22.4 Å². The van der Waals surface area contributed by atoms with Crippen molar-refractivity contribution in [3.63, 3.8) is 0 Å². The molecule has 0 aliphatic carbocycles. The number of nitrogens with one attached hydrogen (secondary N) is 2. The maximum atomic E-state index is 5.74. The van der Waals surface area contributed by atoms with Crippen molar-refractivity contribution in [1.29, 1.82) is 0 Å². The lowest BCUT2D eigenvalue weighted by molar-refractivity contribution is 0.0224. The Kier molecular flexibility index (Phi) is 11.7. The average Bonchev–Trinajstić information content (AvgIpc) is 3.08. The third-order valence-electron chi connectivity index (χ3n) is 3.98. The lowest BCUT2D eigenvalue weighted by Gasteiger charge is -2.21. The molecule has 1 aromatic rings. The predicted octanol–water partition coefficient (Wildman–Crippen LogP) is 1.21. The number of hydrogen-bond acceptors (Lipinski definition) is 5. The molecule has 2 rings (SSSR count).